The molecule has 0 spiro atoms. The summed E-state index contributed by atoms with van der Waals surface area (Å²) in [7, 11) is 0. The molecule has 2 aliphatic rings. The van der Waals surface area contributed by atoms with E-state index >= 15 is 0 Å². The maximum Gasteiger partial charge on any atom is 0.337 e. The standard InChI is InChI=1S/C23H14FN3O2/c24-13-7-5-12(6-8-13)17-18-14-3-1-9-25-21(14)22-15(4-2-10-26-22)20(18)27-16-11-29-23(28)19(16)17/h1-10,17,27H,11H2. The van der Waals surface area contributed by atoms with Crippen LogP contribution in [0.3, 0.4) is 0 Å². The maximum absolute atomic E-state index is 13.6. The van der Waals surface area contributed by atoms with E-state index in [-0.39, 0.29) is 24.3 Å². The second-order valence-electron chi connectivity index (χ2n) is 7.17. The number of ether oxygens (including phenoxy) is 1. The van der Waals surface area contributed by atoms with Crippen molar-refractivity contribution in [3.05, 3.63) is 89.1 Å². The van der Waals surface area contributed by atoms with Crippen LogP contribution in [-0.4, -0.2) is 22.5 Å². The number of cyclic esters (lactones) is 1. The van der Waals surface area contributed by atoms with Gasteiger partial charge in [-0.25, -0.2) is 9.18 Å². The highest BCUT2D eigenvalue weighted by Gasteiger charge is 2.40. The molecule has 0 saturated carbocycles. The van der Waals surface area contributed by atoms with Crippen LogP contribution in [-0.2, 0) is 9.53 Å². The number of aromatic nitrogens is 2. The Kier molecular flexibility index (Phi) is 3.26. The fourth-order valence-electron chi connectivity index (χ4n) is 4.42. The molecule has 0 amide bonds. The number of hydrogen-bond donors (Lipinski definition) is 1. The molecule has 0 aliphatic carbocycles. The Balaban J connectivity index is 1.77. The van der Waals surface area contributed by atoms with E-state index in [1.807, 2.05) is 24.3 Å². The molecule has 1 N–H and O–H groups in total. The molecule has 0 bridgehead atoms. The van der Waals surface area contributed by atoms with Crippen molar-refractivity contribution in [1.82, 2.24) is 9.97 Å². The Morgan fingerprint density at radius 2 is 1.66 bits per heavy atom. The van der Waals surface area contributed by atoms with Crippen LogP contribution in [0.25, 0.3) is 21.8 Å². The molecular formula is C23H14FN3O2. The maximum atomic E-state index is 13.6. The van der Waals surface area contributed by atoms with Crippen LogP contribution in [0.2, 0.25) is 0 Å². The molecule has 6 rings (SSSR count). The molecule has 2 aliphatic heterocycles. The van der Waals surface area contributed by atoms with Crippen LogP contribution in [0.5, 0.6) is 0 Å². The van der Waals surface area contributed by atoms with E-state index in [0.29, 0.717) is 5.57 Å². The SMILES string of the molecule is O=C1OCC2=C1C(c1ccc(F)cc1)c1c(c3cccnc3c3ncccc13)N2. The smallest absolute Gasteiger partial charge is 0.337 e. The second-order valence-corrected chi connectivity index (χ2v) is 7.17. The van der Waals surface area contributed by atoms with Crippen molar-refractivity contribution >= 4 is 33.5 Å². The zero-order valence-corrected chi connectivity index (χ0v) is 15.1. The first-order valence-corrected chi connectivity index (χ1v) is 9.30. The van der Waals surface area contributed by atoms with Gasteiger partial charge in [0.25, 0.3) is 0 Å². The molecule has 0 radical (unpaired) electrons. The van der Waals surface area contributed by atoms with Gasteiger partial charge in [0, 0.05) is 29.1 Å². The van der Waals surface area contributed by atoms with Crippen molar-refractivity contribution < 1.29 is 13.9 Å². The van der Waals surface area contributed by atoms with Crippen molar-refractivity contribution in [1.29, 1.82) is 0 Å². The quantitative estimate of drug-likeness (QED) is 0.392. The van der Waals surface area contributed by atoms with Gasteiger partial charge >= 0.3 is 5.97 Å². The van der Waals surface area contributed by atoms with E-state index in [4.69, 9.17) is 4.74 Å². The zero-order chi connectivity index (χ0) is 19.5. The monoisotopic (exact) mass is 383 g/mol. The molecule has 4 aromatic rings. The molecule has 4 heterocycles. The number of benzene rings is 2. The fraction of sp³-hybridized carbons (Fsp3) is 0.0870. The molecule has 2 aromatic heterocycles. The lowest BCUT2D eigenvalue weighted by atomic mass is 9.78. The number of halogens is 1. The average Bonchev–Trinajstić information content (AvgIpc) is 3.14. The predicted octanol–water partition coefficient (Wildman–Crippen LogP) is 4.29. The lowest BCUT2D eigenvalue weighted by Gasteiger charge is -2.29. The first-order valence-electron chi connectivity index (χ1n) is 9.30. The van der Waals surface area contributed by atoms with Gasteiger partial charge in [-0.05, 0) is 41.5 Å². The highest BCUT2D eigenvalue weighted by atomic mass is 19.1. The highest BCUT2D eigenvalue weighted by molar-refractivity contribution is 6.14. The fourth-order valence-corrected chi connectivity index (χ4v) is 4.42. The molecule has 5 nitrogen and oxygen atoms in total. The minimum absolute atomic E-state index is 0.193. The van der Waals surface area contributed by atoms with Crippen molar-refractivity contribution in [3.63, 3.8) is 0 Å². The van der Waals surface area contributed by atoms with E-state index in [9.17, 15) is 9.18 Å². The van der Waals surface area contributed by atoms with Gasteiger partial charge in [-0.15, -0.1) is 0 Å². The number of nitrogens with zero attached hydrogens (tertiary/aromatic N) is 2. The molecule has 29 heavy (non-hydrogen) atoms. The zero-order valence-electron chi connectivity index (χ0n) is 15.1. The number of nitrogens with one attached hydrogen (secondary N) is 1. The Labute approximate surface area is 164 Å². The summed E-state index contributed by atoms with van der Waals surface area (Å²) in [6.45, 7) is 0.193. The molecule has 2 aromatic carbocycles. The third-order valence-electron chi connectivity index (χ3n) is 5.62. The van der Waals surface area contributed by atoms with Crippen LogP contribution in [0.4, 0.5) is 10.1 Å². The molecule has 140 valence electrons. The summed E-state index contributed by atoms with van der Waals surface area (Å²) >= 11 is 0. The third kappa shape index (κ3) is 2.23. The van der Waals surface area contributed by atoms with Gasteiger partial charge in [0.2, 0.25) is 0 Å². The van der Waals surface area contributed by atoms with Crippen molar-refractivity contribution in [2.45, 2.75) is 5.92 Å². The summed E-state index contributed by atoms with van der Waals surface area (Å²) in [5.41, 5.74) is 5.52. The van der Waals surface area contributed by atoms with Crippen LogP contribution < -0.4 is 5.32 Å². The van der Waals surface area contributed by atoms with E-state index in [1.165, 1.54) is 12.1 Å². The van der Waals surface area contributed by atoms with Gasteiger partial charge < -0.3 is 10.1 Å². The van der Waals surface area contributed by atoms with E-state index in [1.54, 1.807) is 24.5 Å². The Morgan fingerprint density at radius 1 is 0.966 bits per heavy atom. The van der Waals surface area contributed by atoms with Gasteiger partial charge in [0.1, 0.15) is 12.4 Å². The van der Waals surface area contributed by atoms with Gasteiger partial charge in [-0.1, -0.05) is 18.2 Å². The van der Waals surface area contributed by atoms with E-state index in [2.05, 4.69) is 15.3 Å². The topological polar surface area (TPSA) is 64.1 Å². The van der Waals surface area contributed by atoms with Crippen LogP contribution >= 0.6 is 0 Å². The number of fused-ring (bicyclic) bond motifs is 6. The molecular weight excluding hydrogens is 369 g/mol. The number of rotatable bonds is 1. The number of anilines is 1. The first-order chi connectivity index (χ1) is 14.2. The van der Waals surface area contributed by atoms with Gasteiger partial charge in [-0.3, -0.25) is 9.97 Å². The van der Waals surface area contributed by atoms with Crippen LogP contribution in [0.1, 0.15) is 17.0 Å². The van der Waals surface area contributed by atoms with Crippen molar-refractivity contribution in [3.8, 4) is 0 Å². The second kappa shape index (κ2) is 5.85. The Hall–Kier alpha value is -3.80. The van der Waals surface area contributed by atoms with E-state index < -0.39 is 0 Å². The highest BCUT2D eigenvalue weighted by Crippen LogP contribution is 2.49. The Bertz CT molecular complexity index is 1360. The minimum atomic E-state index is -0.381. The van der Waals surface area contributed by atoms with Crippen molar-refractivity contribution in [2.75, 3.05) is 11.9 Å². The average molecular weight is 383 g/mol. The van der Waals surface area contributed by atoms with Crippen LogP contribution in [0, 0.1) is 5.82 Å². The normalized spacial score (nSPS) is 17.8. The summed E-state index contributed by atoms with van der Waals surface area (Å²) < 4.78 is 19.0. The van der Waals surface area contributed by atoms with Gasteiger partial charge in [-0.2, -0.15) is 0 Å². The Morgan fingerprint density at radius 3 is 2.41 bits per heavy atom. The largest absolute Gasteiger partial charge is 0.456 e. The summed E-state index contributed by atoms with van der Waals surface area (Å²) in [5, 5.41) is 5.25. The third-order valence-corrected chi connectivity index (χ3v) is 5.62. The minimum Gasteiger partial charge on any atom is -0.456 e. The number of carbonyl (C=O) groups is 1. The van der Waals surface area contributed by atoms with Crippen LogP contribution in [0.15, 0.2) is 72.2 Å². The number of hydrogen-bond acceptors (Lipinski definition) is 5. The summed E-state index contributed by atoms with van der Waals surface area (Å²) in [4.78, 5) is 21.8. The summed E-state index contributed by atoms with van der Waals surface area (Å²) in [5.74, 6) is -1.05. The molecule has 1 unspecified atom stereocenters. The summed E-state index contributed by atoms with van der Waals surface area (Å²) in [6, 6.07) is 14.0. The van der Waals surface area contributed by atoms with Crippen molar-refractivity contribution in [2.24, 2.45) is 0 Å². The number of carbonyl (C=O) groups excluding carboxylic acids is 1. The predicted molar refractivity (Wildman–Crippen MR) is 107 cm³/mol. The first kappa shape index (κ1) is 16.2. The molecule has 0 saturated heterocycles. The van der Waals surface area contributed by atoms with E-state index in [0.717, 1.165) is 44.3 Å². The summed E-state index contributed by atoms with van der Waals surface area (Å²) in [6.07, 6.45) is 3.48. The molecule has 6 heteroatoms. The number of pyridine rings is 2. The molecule has 0 fully saturated rings. The van der Waals surface area contributed by atoms with Gasteiger partial charge in [0.05, 0.1) is 28.0 Å². The number of esters is 1. The van der Waals surface area contributed by atoms with Gasteiger partial charge in [0.15, 0.2) is 0 Å². The molecule has 1 atom stereocenters. The lowest BCUT2D eigenvalue weighted by Crippen LogP contribution is -2.20. The lowest BCUT2D eigenvalue weighted by molar-refractivity contribution is -0.136.